The molecule has 5 heteroatoms. The normalized spacial score (nSPS) is 10.4. The molecule has 3 aromatic rings. The number of fused-ring (bicyclic) bond motifs is 1. The van der Waals surface area contributed by atoms with Gasteiger partial charge in [-0.1, -0.05) is 0 Å². The highest BCUT2D eigenvalue weighted by Crippen LogP contribution is 2.17. The van der Waals surface area contributed by atoms with Crippen LogP contribution in [-0.2, 0) is 0 Å². The summed E-state index contributed by atoms with van der Waals surface area (Å²) in [5.41, 5.74) is 2.30. The molecule has 0 aliphatic rings. The zero-order valence-corrected chi connectivity index (χ0v) is 9.70. The highest BCUT2D eigenvalue weighted by molar-refractivity contribution is 5.59. The van der Waals surface area contributed by atoms with E-state index in [9.17, 15) is 0 Å². The van der Waals surface area contributed by atoms with Crippen molar-refractivity contribution in [1.29, 1.82) is 5.26 Å². The Morgan fingerprint density at radius 3 is 2.67 bits per heavy atom. The highest BCUT2D eigenvalue weighted by Gasteiger charge is 2.07. The Morgan fingerprint density at radius 1 is 1.17 bits per heavy atom. The fraction of sp³-hybridized carbons (Fsp3) is 0.0769. The van der Waals surface area contributed by atoms with Gasteiger partial charge >= 0.3 is 0 Å². The third-order valence-corrected chi connectivity index (χ3v) is 2.63. The Labute approximate surface area is 103 Å². The van der Waals surface area contributed by atoms with Gasteiger partial charge in [0.2, 0.25) is 0 Å². The molecule has 3 rings (SSSR count). The third kappa shape index (κ3) is 1.60. The first-order chi connectivity index (χ1) is 8.78. The van der Waals surface area contributed by atoms with Gasteiger partial charge in [0, 0.05) is 17.8 Å². The molecule has 1 aromatic carbocycles. The molecule has 0 atom stereocenters. The van der Waals surface area contributed by atoms with Gasteiger partial charge in [-0.3, -0.25) is 0 Å². The molecule has 0 amide bonds. The fourth-order valence-corrected chi connectivity index (χ4v) is 1.82. The van der Waals surface area contributed by atoms with Gasteiger partial charge in [-0.15, -0.1) is 5.10 Å². The van der Waals surface area contributed by atoms with Crippen molar-refractivity contribution >= 4 is 5.65 Å². The average molecular weight is 235 g/mol. The van der Waals surface area contributed by atoms with E-state index in [0.29, 0.717) is 11.4 Å². The van der Waals surface area contributed by atoms with E-state index in [0.717, 1.165) is 17.0 Å². The maximum atomic E-state index is 8.78. The van der Waals surface area contributed by atoms with Crippen molar-refractivity contribution in [1.82, 2.24) is 19.6 Å². The van der Waals surface area contributed by atoms with Gasteiger partial charge in [-0.05, 0) is 31.2 Å². The molecule has 5 nitrogen and oxygen atoms in total. The summed E-state index contributed by atoms with van der Waals surface area (Å²) in [6.45, 7) is 1.84. The van der Waals surface area contributed by atoms with Crippen LogP contribution in [0.15, 0.2) is 36.5 Å². The van der Waals surface area contributed by atoms with E-state index >= 15 is 0 Å². The van der Waals surface area contributed by atoms with E-state index < -0.39 is 0 Å². The molecular formula is C13H9N5. The lowest BCUT2D eigenvalue weighted by molar-refractivity contribution is 0.910. The van der Waals surface area contributed by atoms with Crippen molar-refractivity contribution < 1.29 is 0 Å². The molecule has 0 N–H and O–H groups in total. The van der Waals surface area contributed by atoms with Crippen molar-refractivity contribution in [2.24, 2.45) is 0 Å². The SMILES string of the molecule is Cc1nc2ccnc(-c3ccc(C#N)cc3)n2n1. The average Bonchev–Trinajstić information content (AvgIpc) is 2.79. The number of hydrogen-bond donors (Lipinski definition) is 0. The smallest absolute Gasteiger partial charge is 0.163 e. The molecule has 0 unspecified atom stereocenters. The van der Waals surface area contributed by atoms with Gasteiger partial charge in [0.15, 0.2) is 11.5 Å². The highest BCUT2D eigenvalue weighted by atomic mass is 15.3. The predicted molar refractivity (Wildman–Crippen MR) is 65.7 cm³/mol. The number of aromatic nitrogens is 4. The number of aryl methyl sites for hydroxylation is 1. The summed E-state index contributed by atoms with van der Waals surface area (Å²) < 4.78 is 1.71. The molecule has 2 heterocycles. The molecule has 86 valence electrons. The second-order valence-electron chi connectivity index (χ2n) is 3.89. The van der Waals surface area contributed by atoms with Gasteiger partial charge in [-0.25, -0.2) is 9.97 Å². The van der Waals surface area contributed by atoms with Gasteiger partial charge in [0.05, 0.1) is 11.6 Å². The van der Waals surface area contributed by atoms with Gasteiger partial charge < -0.3 is 0 Å². The second-order valence-corrected chi connectivity index (χ2v) is 3.89. The molecule has 0 bridgehead atoms. The molecule has 0 spiro atoms. The number of nitrogens with zero attached hydrogens (tertiary/aromatic N) is 5. The van der Waals surface area contributed by atoms with Crippen LogP contribution in [0.4, 0.5) is 0 Å². The minimum absolute atomic E-state index is 0.626. The summed E-state index contributed by atoms with van der Waals surface area (Å²) in [5.74, 6) is 1.43. The summed E-state index contributed by atoms with van der Waals surface area (Å²) in [6.07, 6.45) is 1.71. The topological polar surface area (TPSA) is 66.9 Å². The lowest BCUT2D eigenvalue weighted by atomic mass is 10.1. The van der Waals surface area contributed by atoms with Crippen LogP contribution in [0.5, 0.6) is 0 Å². The van der Waals surface area contributed by atoms with E-state index in [4.69, 9.17) is 5.26 Å². The van der Waals surface area contributed by atoms with E-state index in [1.807, 2.05) is 25.1 Å². The zero-order chi connectivity index (χ0) is 12.5. The third-order valence-electron chi connectivity index (χ3n) is 2.63. The quantitative estimate of drug-likeness (QED) is 0.646. The first-order valence-electron chi connectivity index (χ1n) is 5.47. The fourth-order valence-electron chi connectivity index (χ4n) is 1.82. The van der Waals surface area contributed by atoms with Crippen molar-refractivity contribution in [3.8, 4) is 17.5 Å². The first kappa shape index (κ1) is 10.4. The van der Waals surface area contributed by atoms with Crippen molar-refractivity contribution in [2.75, 3.05) is 0 Å². The molecule has 2 aromatic heterocycles. The Kier molecular flexibility index (Phi) is 2.27. The Morgan fingerprint density at radius 2 is 1.94 bits per heavy atom. The summed E-state index contributed by atoms with van der Waals surface area (Å²) in [4.78, 5) is 8.62. The summed E-state index contributed by atoms with van der Waals surface area (Å²) in [6, 6.07) is 11.1. The Bertz CT molecular complexity index is 749. The molecule has 0 fully saturated rings. The maximum absolute atomic E-state index is 8.78. The second kappa shape index (κ2) is 3.93. The summed E-state index contributed by atoms with van der Waals surface area (Å²) in [7, 11) is 0. The van der Waals surface area contributed by atoms with Gasteiger partial charge in [0.25, 0.3) is 0 Å². The Hall–Kier alpha value is -2.74. The largest absolute Gasteiger partial charge is 0.236 e. The molecule has 18 heavy (non-hydrogen) atoms. The number of rotatable bonds is 1. The van der Waals surface area contributed by atoms with Crippen LogP contribution in [0.2, 0.25) is 0 Å². The van der Waals surface area contributed by atoms with E-state index in [1.165, 1.54) is 0 Å². The van der Waals surface area contributed by atoms with Gasteiger partial charge in [0.1, 0.15) is 5.82 Å². The zero-order valence-electron chi connectivity index (χ0n) is 9.70. The first-order valence-corrected chi connectivity index (χ1v) is 5.47. The van der Waals surface area contributed by atoms with Crippen LogP contribution in [0.3, 0.4) is 0 Å². The van der Waals surface area contributed by atoms with Crippen LogP contribution >= 0.6 is 0 Å². The van der Waals surface area contributed by atoms with Crippen LogP contribution in [0.25, 0.3) is 17.0 Å². The van der Waals surface area contributed by atoms with Crippen molar-refractivity contribution in [2.45, 2.75) is 6.92 Å². The minimum atomic E-state index is 0.626. The lowest BCUT2D eigenvalue weighted by Gasteiger charge is -2.02. The molecule has 0 saturated carbocycles. The van der Waals surface area contributed by atoms with Crippen LogP contribution < -0.4 is 0 Å². The van der Waals surface area contributed by atoms with E-state index in [2.05, 4.69) is 21.1 Å². The van der Waals surface area contributed by atoms with Crippen LogP contribution in [0, 0.1) is 18.3 Å². The monoisotopic (exact) mass is 235 g/mol. The Balaban J connectivity index is 2.21. The summed E-state index contributed by atoms with van der Waals surface area (Å²) >= 11 is 0. The van der Waals surface area contributed by atoms with Crippen LogP contribution in [0.1, 0.15) is 11.4 Å². The number of hydrogen-bond acceptors (Lipinski definition) is 4. The van der Waals surface area contributed by atoms with Gasteiger partial charge in [-0.2, -0.15) is 9.78 Å². The molecule has 0 saturated heterocycles. The maximum Gasteiger partial charge on any atom is 0.163 e. The molecule has 0 aliphatic heterocycles. The van der Waals surface area contributed by atoms with E-state index in [1.54, 1.807) is 22.8 Å². The summed E-state index contributed by atoms with van der Waals surface area (Å²) in [5, 5.41) is 13.1. The molecular weight excluding hydrogens is 226 g/mol. The lowest BCUT2D eigenvalue weighted by Crippen LogP contribution is -1.97. The van der Waals surface area contributed by atoms with Crippen molar-refractivity contribution in [3.63, 3.8) is 0 Å². The minimum Gasteiger partial charge on any atom is -0.236 e. The standard InChI is InChI=1S/C13H9N5/c1-9-16-12-6-7-15-13(18(12)17-9)11-4-2-10(8-14)3-5-11/h2-7H,1H3. The predicted octanol–water partition coefficient (Wildman–Crippen LogP) is 1.97. The molecule has 0 radical (unpaired) electrons. The van der Waals surface area contributed by atoms with Crippen molar-refractivity contribution in [3.05, 3.63) is 47.9 Å². The van der Waals surface area contributed by atoms with E-state index in [-0.39, 0.29) is 0 Å². The molecule has 0 aliphatic carbocycles. The van der Waals surface area contributed by atoms with Crippen LogP contribution in [-0.4, -0.2) is 19.6 Å². The number of nitriles is 1. The number of benzene rings is 1.